The minimum Gasteiger partial charge on any atom is -0.347 e. The lowest BCUT2D eigenvalue weighted by molar-refractivity contribution is -0.132. The number of pyridine rings is 2. The molecule has 1 amide bonds. The van der Waals surface area contributed by atoms with Crippen molar-refractivity contribution >= 4 is 16.8 Å². The van der Waals surface area contributed by atoms with Crippen LogP contribution in [0.15, 0.2) is 35.4 Å². The van der Waals surface area contributed by atoms with Gasteiger partial charge in [-0.15, -0.1) is 0 Å². The van der Waals surface area contributed by atoms with Gasteiger partial charge in [0.15, 0.2) is 0 Å². The molecule has 2 heterocycles. The average molecular weight is 259 g/mol. The van der Waals surface area contributed by atoms with E-state index in [1.807, 2.05) is 6.92 Å². The molecular formula is C14H17N3O2. The lowest BCUT2D eigenvalue weighted by Crippen LogP contribution is -2.36. The Morgan fingerprint density at radius 1 is 1.42 bits per heavy atom. The van der Waals surface area contributed by atoms with Crippen molar-refractivity contribution in [1.82, 2.24) is 14.5 Å². The Hall–Kier alpha value is -2.17. The van der Waals surface area contributed by atoms with Gasteiger partial charge in [-0.3, -0.25) is 14.6 Å². The van der Waals surface area contributed by atoms with Gasteiger partial charge < -0.3 is 9.47 Å². The zero-order valence-electron chi connectivity index (χ0n) is 11.3. The Labute approximate surface area is 111 Å². The third-order valence-electron chi connectivity index (χ3n) is 3.14. The second-order valence-corrected chi connectivity index (χ2v) is 4.62. The van der Waals surface area contributed by atoms with Crippen LogP contribution < -0.4 is 5.56 Å². The predicted octanol–water partition coefficient (Wildman–Crippen LogP) is 1.44. The maximum atomic E-state index is 12.4. The van der Waals surface area contributed by atoms with Gasteiger partial charge in [-0.25, -0.2) is 0 Å². The monoisotopic (exact) mass is 259 g/mol. The van der Waals surface area contributed by atoms with Crippen LogP contribution in [0.25, 0.3) is 10.9 Å². The molecule has 2 aromatic heterocycles. The van der Waals surface area contributed by atoms with E-state index >= 15 is 0 Å². The number of carbonyl (C=O) groups is 1. The van der Waals surface area contributed by atoms with Gasteiger partial charge in [0.2, 0.25) is 5.91 Å². The van der Waals surface area contributed by atoms with Crippen molar-refractivity contribution in [2.75, 3.05) is 14.1 Å². The molecule has 1 atom stereocenters. The third-order valence-corrected chi connectivity index (χ3v) is 3.14. The summed E-state index contributed by atoms with van der Waals surface area (Å²) in [7, 11) is 3.39. The number of amides is 1. The van der Waals surface area contributed by atoms with Crippen LogP contribution in [-0.2, 0) is 4.79 Å². The first-order valence-corrected chi connectivity index (χ1v) is 6.23. The van der Waals surface area contributed by atoms with Crippen molar-refractivity contribution in [2.45, 2.75) is 19.4 Å². The maximum absolute atomic E-state index is 12.4. The van der Waals surface area contributed by atoms with E-state index in [0.717, 1.165) is 0 Å². The first-order chi connectivity index (χ1) is 9.06. The summed E-state index contributed by atoms with van der Waals surface area (Å²) in [5, 5.41) is 0.537. The predicted molar refractivity (Wildman–Crippen MR) is 74.0 cm³/mol. The van der Waals surface area contributed by atoms with E-state index in [1.165, 1.54) is 9.47 Å². The Bertz CT molecular complexity index is 661. The summed E-state index contributed by atoms with van der Waals surface area (Å²) in [6.45, 7) is 1.89. The lowest BCUT2D eigenvalue weighted by Gasteiger charge is -2.21. The van der Waals surface area contributed by atoms with Gasteiger partial charge in [-0.1, -0.05) is 6.92 Å². The van der Waals surface area contributed by atoms with Crippen LogP contribution in [0, 0.1) is 0 Å². The van der Waals surface area contributed by atoms with Crippen LogP contribution in [0.5, 0.6) is 0 Å². The highest BCUT2D eigenvalue weighted by atomic mass is 16.2. The van der Waals surface area contributed by atoms with Crippen LogP contribution >= 0.6 is 0 Å². The minimum absolute atomic E-state index is 0.0761. The third kappa shape index (κ3) is 2.36. The van der Waals surface area contributed by atoms with Crippen LogP contribution in [-0.4, -0.2) is 34.5 Å². The molecular weight excluding hydrogens is 242 g/mol. The van der Waals surface area contributed by atoms with Crippen LogP contribution in [0.3, 0.4) is 0 Å². The highest BCUT2D eigenvalue weighted by molar-refractivity contribution is 5.81. The molecule has 0 aliphatic rings. The summed E-state index contributed by atoms with van der Waals surface area (Å²) < 4.78 is 1.49. The van der Waals surface area contributed by atoms with Gasteiger partial charge in [0.1, 0.15) is 6.04 Å². The summed E-state index contributed by atoms with van der Waals surface area (Å²) in [5.41, 5.74) is 0.476. The molecule has 0 fully saturated rings. The Morgan fingerprint density at radius 3 is 2.79 bits per heavy atom. The van der Waals surface area contributed by atoms with E-state index in [1.54, 1.807) is 44.7 Å². The first-order valence-electron chi connectivity index (χ1n) is 6.23. The zero-order chi connectivity index (χ0) is 14.0. The van der Waals surface area contributed by atoms with Crippen LogP contribution in [0.1, 0.15) is 19.4 Å². The first kappa shape index (κ1) is 13.3. The van der Waals surface area contributed by atoms with Gasteiger partial charge in [0.05, 0.1) is 10.9 Å². The molecule has 2 aromatic rings. The largest absolute Gasteiger partial charge is 0.347 e. The zero-order valence-corrected chi connectivity index (χ0v) is 11.3. The number of hydrogen-bond acceptors (Lipinski definition) is 3. The minimum atomic E-state index is -0.466. The molecule has 0 spiro atoms. The number of aromatic nitrogens is 2. The number of nitrogens with zero attached hydrogens (tertiary/aromatic N) is 3. The van der Waals surface area contributed by atoms with E-state index < -0.39 is 6.04 Å². The average Bonchev–Trinajstić information content (AvgIpc) is 2.42. The van der Waals surface area contributed by atoms with Crippen molar-refractivity contribution in [1.29, 1.82) is 0 Å². The SMILES string of the molecule is CC[C@@H](C(=O)N(C)C)n1ccc2ncccc2c1=O. The smallest absolute Gasteiger partial charge is 0.260 e. The Balaban J connectivity index is 2.59. The van der Waals surface area contributed by atoms with Gasteiger partial charge >= 0.3 is 0 Å². The molecule has 0 radical (unpaired) electrons. The highest BCUT2D eigenvalue weighted by Gasteiger charge is 2.21. The van der Waals surface area contributed by atoms with E-state index in [9.17, 15) is 9.59 Å². The van der Waals surface area contributed by atoms with Crippen LogP contribution in [0.4, 0.5) is 0 Å². The molecule has 5 heteroatoms. The van der Waals surface area contributed by atoms with E-state index in [2.05, 4.69) is 4.98 Å². The fourth-order valence-corrected chi connectivity index (χ4v) is 2.12. The number of rotatable bonds is 3. The molecule has 0 saturated carbocycles. The molecule has 5 nitrogen and oxygen atoms in total. The lowest BCUT2D eigenvalue weighted by atomic mass is 10.1. The normalized spacial score (nSPS) is 12.4. The summed E-state index contributed by atoms with van der Waals surface area (Å²) in [6, 6.07) is 4.76. The van der Waals surface area contributed by atoms with Crippen molar-refractivity contribution in [3.8, 4) is 0 Å². The van der Waals surface area contributed by atoms with Gasteiger partial charge in [0, 0.05) is 26.5 Å². The molecule has 0 bridgehead atoms. The molecule has 0 aliphatic heterocycles. The molecule has 0 saturated heterocycles. The van der Waals surface area contributed by atoms with Gasteiger partial charge in [0.25, 0.3) is 5.56 Å². The van der Waals surface area contributed by atoms with E-state index in [0.29, 0.717) is 17.3 Å². The quantitative estimate of drug-likeness (QED) is 0.838. The molecule has 0 aliphatic carbocycles. The van der Waals surface area contributed by atoms with Crippen LogP contribution in [0.2, 0.25) is 0 Å². The highest BCUT2D eigenvalue weighted by Crippen LogP contribution is 2.14. The van der Waals surface area contributed by atoms with Gasteiger partial charge in [-0.05, 0) is 24.6 Å². The van der Waals surface area contributed by atoms with E-state index in [4.69, 9.17) is 0 Å². The van der Waals surface area contributed by atoms with E-state index in [-0.39, 0.29) is 11.5 Å². The summed E-state index contributed by atoms with van der Waals surface area (Å²) in [5.74, 6) is -0.0761. The number of fused-ring (bicyclic) bond motifs is 1. The number of likely N-dealkylation sites (N-methyl/N-ethyl adjacent to an activating group) is 1. The molecule has 100 valence electrons. The molecule has 19 heavy (non-hydrogen) atoms. The van der Waals surface area contributed by atoms with Crippen molar-refractivity contribution in [3.05, 3.63) is 40.9 Å². The Morgan fingerprint density at radius 2 is 2.16 bits per heavy atom. The Kier molecular flexibility index (Phi) is 3.64. The topological polar surface area (TPSA) is 55.2 Å². The second-order valence-electron chi connectivity index (χ2n) is 4.62. The summed E-state index contributed by atoms with van der Waals surface area (Å²) >= 11 is 0. The molecule has 0 aromatic carbocycles. The maximum Gasteiger partial charge on any atom is 0.260 e. The molecule has 0 N–H and O–H groups in total. The fraction of sp³-hybridized carbons (Fsp3) is 0.357. The van der Waals surface area contributed by atoms with Crippen molar-refractivity contribution in [2.24, 2.45) is 0 Å². The molecule has 0 unspecified atom stereocenters. The summed E-state index contributed by atoms with van der Waals surface area (Å²) in [4.78, 5) is 30.2. The van der Waals surface area contributed by atoms with Crippen molar-refractivity contribution < 1.29 is 4.79 Å². The summed E-state index contributed by atoms with van der Waals surface area (Å²) in [6.07, 6.45) is 3.87. The number of hydrogen-bond donors (Lipinski definition) is 0. The number of carbonyl (C=O) groups excluding carboxylic acids is 1. The second kappa shape index (κ2) is 5.22. The van der Waals surface area contributed by atoms with Gasteiger partial charge in [-0.2, -0.15) is 0 Å². The molecule has 2 rings (SSSR count). The van der Waals surface area contributed by atoms with Crippen molar-refractivity contribution in [3.63, 3.8) is 0 Å². The standard InChI is InChI=1S/C14H17N3O2/c1-4-12(14(19)16(2)3)17-9-7-11-10(13(17)18)6-5-8-15-11/h5-9,12H,4H2,1-3H3/t12-/m0/s1. The fourth-order valence-electron chi connectivity index (χ4n) is 2.12.